The van der Waals surface area contributed by atoms with E-state index in [-0.39, 0.29) is 4.90 Å². The Morgan fingerprint density at radius 2 is 1.69 bits per heavy atom. The van der Waals surface area contributed by atoms with Crippen molar-refractivity contribution in [3.63, 3.8) is 0 Å². The average molecular weight is 374 g/mol. The Labute approximate surface area is 156 Å². The van der Waals surface area contributed by atoms with Crippen molar-refractivity contribution < 1.29 is 8.42 Å². The van der Waals surface area contributed by atoms with E-state index >= 15 is 0 Å². The van der Waals surface area contributed by atoms with Gasteiger partial charge in [0.15, 0.2) is 9.84 Å². The molecule has 3 rings (SSSR count). The summed E-state index contributed by atoms with van der Waals surface area (Å²) in [6.45, 7) is 3.81. The largest absolute Gasteiger partial charge is 0.365 e. The maximum absolute atomic E-state index is 11.9. The van der Waals surface area contributed by atoms with Gasteiger partial charge in [-0.25, -0.2) is 13.4 Å². The van der Waals surface area contributed by atoms with Gasteiger partial charge in [0.05, 0.1) is 0 Å². The van der Waals surface area contributed by atoms with Crippen molar-refractivity contribution >= 4 is 15.7 Å². The first-order valence-electron chi connectivity index (χ1n) is 9.22. The standard InChI is InChI=1S/C20H27N3O2S/c1-26(24,25)19-11-8-12-21-20(19)22-15-17-9-4-5-10-18(17)16-23-13-6-2-3-7-14-23/h4-5,8-12H,2-3,6-7,13-16H2,1H3,(H,21,22). The lowest BCUT2D eigenvalue weighted by atomic mass is 10.1. The van der Waals surface area contributed by atoms with Crippen LogP contribution in [0.2, 0.25) is 0 Å². The van der Waals surface area contributed by atoms with E-state index in [1.807, 2.05) is 6.07 Å². The molecule has 0 aliphatic carbocycles. The molecular formula is C20H27N3O2S. The molecule has 0 unspecified atom stereocenters. The van der Waals surface area contributed by atoms with Gasteiger partial charge in [-0.3, -0.25) is 4.90 Å². The summed E-state index contributed by atoms with van der Waals surface area (Å²) < 4.78 is 23.9. The second kappa shape index (κ2) is 8.64. The topological polar surface area (TPSA) is 62.3 Å². The van der Waals surface area contributed by atoms with Gasteiger partial charge in [-0.2, -0.15) is 0 Å². The number of likely N-dealkylation sites (tertiary alicyclic amines) is 1. The number of anilines is 1. The number of nitrogens with one attached hydrogen (secondary N) is 1. The number of sulfone groups is 1. The van der Waals surface area contributed by atoms with Gasteiger partial charge in [0.2, 0.25) is 0 Å². The highest BCUT2D eigenvalue weighted by molar-refractivity contribution is 7.90. The van der Waals surface area contributed by atoms with Crippen LogP contribution in [0.25, 0.3) is 0 Å². The number of aromatic nitrogens is 1. The lowest BCUT2D eigenvalue weighted by Crippen LogP contribution is -2.24. The van der Waals surface area contributed by atoms with E-state index in [1.54, 1.807) is 18.3 Å². The molecule has 2 heterocycles. The molecule has 0 radical (unpaired) electrons. The average Bonchev–Trinajstić information content (AvgIpc) is 2.89. The van der Waals surface area contributed by atoms with E-state index < -0.39 is 9.84 Å². The summed E-state index contributed by atoms with van der Waals surface area (Å²) in [6, 6.07) is 11.6. The van der Waals surface area contributed by atoms with Crippen molar-refractivity contribution in [3.8, 4) is 0 Å². The van der Waals surface area contributed by atoms with Gasteiger partial charge in [0, 0.05) is 25.5 Å². The molecule has 1 aliphatic rings. The van der Waals surface area contributed by atoms with Crippen LogP contribution in [0.15, 0.2) is 47.5 Å². The van der Waals surface area contributed by atoms with Crippen LogP contribution in [0, 0.1) is 0 Å². The molecule has 6 heteroatoms. The van der Waals surface area contributed by atoms with Crippen LogP contribution >= 0.6 is 0 Å². The molecule has 1 aromatic carbocycles. The minimum atomic E-state index is -3.31. The lowest BCUT2D eigenvalue weighted by molar-refractivity contribution is 0.276. The maximum atomic E-state index is 11.9. The summed E-state index contributed by atoms with van der Waals surface area (Å²) in [4.78, 5) is 6.98. The number of hydrogen-bond donors (Lipinski definition) is 1. The van der Waals surface area contributed by atoms with Crippen molar-refractivity contribution in [2.24, 2.45) is 0 Å². The molecule has 26 heavy (non-hydrogen) atoms. The summed E-state index contributed by atoms with van der Waals surface area (Å²) in [5.74, 6) is 0.416. The van der Waals surface area contributed by atoms with Gasteiger partial charge >= 0.3 is 0 Å². The monoisotopic (exact) mass is 373 g/mol. The van der Waals surface area contributed by atoms with Crippen molar-refractivity contribution in [1.29, 1.82) is 0 Å². The fourth-order valence-corrected chi connectivity index (χ4v) is 4.22. The van der Waals surface area contributed by atoms with Crippen LogP contribution in [0.4, 0.5) is 5.82 Å². The quantitative estimate of drug-likeness (QED) is 0.840. The SMILES string of the molecule is CS(=O)(=O)c1cccnc1NCc1ccccc1CN1CCCCCC1. The number of hydrogen-bond acceptors (Lipinski definition) is 5. The van der Waals surface area contributed by atoms with Gasteiger partial charge < -0.3 is 5.32 Å². The van der Waals surface area contributed by atoms with Crippen LogP contribution < -0.4 is 5.32 Å². The van der Waals surface area contributed by atoms with Gasteiger partial charge in [-0.1, -0.05) is 37.1 Å². The van der Waals surface area contributed by atoms with Crippen molar-refractivity contribution in [1.82, 2.24) is 9.88 Å². The van der Waals surface area contributed by atoms with Crippen LogP contribution in [-0.4, -0.2) is 37.6 Å². The van der Waals surface area contributed by atoms with Crippen LogP contribution in [0.5, 0.6) is 0 Å². The second-order valence-electron chi connectivity index (χ2n) is 6.93. The summed E-state index contributed by atoms with van der Waals surface area (Å²) in [6.07, 6.45) is 8.02. The first-order valence-corrected chi connectivity index (χ1v) is 11.1. The smallest absolute Gasteiger partial charge is 0.179 e. The van der Waals surface area contributed by atoms with Gasteiger partial charge in [-0.15, -0.1) is 0 Å². The van der Waals surface area contributed by atoms with Gasteiger partial charge in [-0.05, 0) is 49.2 Å². The fraction of sp³-hybridized carbons (Fsp3) is 0.450. The Morgan fingerprint density at radius 1 is 1.00 bits per heavy atom. The first-order chi connectivity index (χ1) is 12.5. The molecule has 2 aromatic rings. The molecule has 0 spiro atoms. The zero-order valence-corrected chi connectivity index (χ0v) is 16.1. The number of rotatable bonds is 6. The highest BCUT2D eigenvalue weighted by atomic mass is 32.2. The van der Waals surface area contributed by atoms with E-state index in [1.165, 1.54) is 43.1 Å². The zero-order valence-electron chi connectivity index (χ0n) is 15.3. The highest BCUT2D eigenvalue weighted by Gasteiger charge is 2.15. The molecule has 1 fully saturated rings. The predicted molar refractivity (Wildman–Crippen MR) is 105 cm³/mol. The van der Waals surface area contributed by atoms with Crippen molar-refractivity contribution in [2.45, 2.75) is 43.7 Å². The van der Waals surface area contributed by atoms with E-state index in [2.05, 4.69) is 33.4 Å². The lowest BCUT2D eigenvalue weighted by Gasteiger charge is -2.22. The highest BCUT2D eigenvalue weighted by Crippen LogP contribution is 2.20. The Hall–Kier alpha value is -1.92. The third kappa shape index (κ3) is 5.05. The molecule has 140 valence electrons. The molecular weight excluding hydrogens is 346 g/mol. The predicted octanol–water partition coefficient (Wildman–Crippen LogP) is 3.47. The molecule has 0 atom stereocenters. The molecule has 5 nitrogen and oxygen atoms in total. The molecule has 0 bridgehead atoms. The Balaban J connectivity index is 1.73. The van der Waals surface area contributed by atoms with Gasteiger partial charge in [0.1, 0.15) is 10.7 Å². The Bertz CT molecular complexity index is 828. The summed E-state index contributed by atoms with van der Waals surface area (Å²) in [7, 11) is -3.31. The molecule has 0 saturated carbocycles. The summed E-state index contributed by atoms with van der Waals surface area (Å²) >= 11 is 0. The van der Waals surface area contributed by atoms with E-state index in [9.17, 15) is 8.42 Å². The van der Waals surface area contributed by atoms with E-state index in [0.29, 0.717) is 12.4 Å². The number of pyridine rings is 1. The van der Waals surface area contributed by atoms with Crippen LogP contribution in [0.1, 0.15) is 36.8 Å². The minimum absolute atomic E-state index is 0.241. The van der Waals surface area contributed by atoms with Crippen LogP contribution in [0.3, 0.4) is 0 Å². The second-order valence-corrected chi connectivity index (χ2v) is 8.92. The number of benzene rings is 1. The molecule has 1 aliphatic heterocycles. The van der Waals surface area contributed by atoms with Crippen molar-refractivity contribution in [2.75, 3.05) is 24.7 Å². The summed E-state index contributed by atoms with van der Waals surface area (Å²) in [5.41, 5.74) is 2.47. The molecule has 1 saturated heterocycles. The van der Waals surface area contributed by atoms with E-state index in [4.69, 9.17) is 0 Å². The third-order valence-corrected chi connectivity index (χ3v) is 5.96. The first kappa shape index (κ1) is 18.9. The minimum Gasteiger partial charge on any atom is -0.365 e. The number of nitrogens with zero attached hydrogens (tertiary/aromatic N) is 2. The molecule has 0 amide bonds. The fourth-order valence-electron chi connectivity index (χ4n) is 3.42. The maximum Gasteiger partial charge on any atom is 0.179 e. The zero-order chi connectivity index (χ0) is 18.4. The molecule has 1 N–H and O–H groups in total. The van der Waals surface area contributed by atoms with Crippen molar-refractivity contribution in [3.05, 3.63) is 53.7 Å². The van der Waals surface area contributed by atoms with E-state index in [0.717, 1.165) is 19.6 Å². The summed E-state index contributed by atoms with van der Waals surface area (Å²) in [5, 5.41) is 3.22. The Kier molecular flexibility index (Phi) is 6.27. The third-order valence-electron chi connectivity index (χ3n) is 4.83. The Morgan fingerprint density at radius 3 is 2.38 bits per heavy atom. The van der Waals surface area contributed by atoms with Crippen LogP contribution in [-0.2, 0) is 22.9 Å². The molecule has 1 aromatic heterocycles. The van der Waals surface area contributed by atoms with Gasteiger partial charge in [0.25, 0.3) is 0 Å². The normalized spacial score (nSPS) is 16.2.